The Bertz CT molecular complexity index is 239. The normalized spacial score (nSPS) is 11.6. The average molecular weight is 255 g/mol. The molecule has 18 heavy (non-hydrogen) atoms. The van der Waals surface area contributed by atoms with E-state index in [1.807, 2.05) is 0 Å². The number of urea groups is 1. The van der Waals surface area contributed by atoms with Crippen molar-refractivity contribution < 1.29 is 4.79 Å². The number of hydrogen-bond donors (Lipinski definition) is 2. The minimum absolute atomic E-state index is 0.580. The van der Waals surface area contributed by atoms with Gasteiger partial charge in [-0.3, -0.25) is 0 Å². The standard InChI is InChI=1S/C14H29N3O/c1-3-5-6-7-8-9-10-12-13(11-4-2)16-17-14(15)18/h3-12H2,1-2H3,(H3,15,17,18). The molecule has 0 bridgehead atoms. The van der Waals surface area contributed by atoms with Crippen LogP contribution in [0.15, 0.2) is 5.10 Å². The van der Waals surface area contributed by atoms with E-state index in [9.17, 15) is 4.79 Å². The second kappa shape index (κ2) is 12.4. The quantitative estimate of drug-likeness (QED) is 0.327. The number of nitrogens with zero attached hydrogens (tertiary/aromatic N) is 1. The molecule has 2 amide bonds. The van der Waals surface area contributed by atoms with Gasteiger partial charge in [-0.05, 0) is 19.3 Å². The number of nitrogens with two attached hydrogens (primary N) is 1. The van der Waals surface area contributed by atoms with Gasteiger partial charge in [-0.1, -0.05) is 58.8 Å². The minimum atomic E-state index is -0.580. The van der Waals surface area contributed by atoms with Gasteiger partial charge in [0, 0.05) is 5.71 Å². The highest BCUT2D eigenvalue weighted by molar-refractivity contribution is 5.85. The highest BCUT2D eigenvalue weighted by atomic mass is 16.2. The van der Waals surface area contributed by atoms with Gasteiger partial charge in [-0.2, -0.15) is 5.10 Å². The summed E-state index contributed by atoms with van der Waals surface area (Å²) in [7, 11) is 0. The van der Waals surface area contributed by atoms with Gasteiger partial charge in [0.1, 0.15) is 0 Å². The van der Waals surface area contributed by atoms with Crippen molar-refractivity contribution in [2.75, 3.05) is 0 Å². The number of nitrogens with one attached hydrogen (secondary N) is 1. The summed E-state index contributed by atoms with van der Waals surface area (Å²) in [5, 5.41) is 4.05. The first kappa shape index (κ1) is 16.9. The summed E-state index contributed by atoms with van der Waals surface area (Å²) in [5.74, 6) is 0. The molecular formula is C14H29N3O. The predicted octanol–water partition coefficient (Wildman–Crippen LogP) is 3.95. The van der Waals surface area contributed by atoms with Crippen LogP contribution in [-0.2, 0) is 0 Å². The Morgan fingerprint density at radius 1 is 0.944 bits per heavy atom. The van der Waals surface area contributed by atoms with Crippen LogP contribution in [0, 0.1) is 0 Å². The monoisotopic (exact) mass is 255 g/mol. The molecule has 0 aliphatic carbocycles. The van der Waals surface area contributed by atoms with Crippen molar-refractivity contribution in [1.29, 1.82) is 0 Å². The molecule has 0 aromatic carbocycles. The lowest BCUT2D eigenvalue weighted by Crippen LogP contribution is -2.25. The van der Waals surface area contributed by atoms with E-state index in [-0.39, 0.29) is 0 Å². The summed E-state index contributed by atoms with van der Waals surface area (Å²) in [4.78, 5) is 10.6. The zero-order valence-electron chi connectivity index (χ0n) is 12.0. The SMILES string of the molecule is CCCCCCCCCC(CCC)=NNC(N)=O. The van der Waals surface area contributed by atoms with Gasteiger partial charge < -0.3 is 5.73 Å². The predicted molar refractivity (Wildman–Crippen MR) is 77.7 cm³/mol. The van der Waals surface area contributed by atoms with Crippen LogP contribution in [0.25, 0.3) is 0 Å². The van der Waals surface area contributed by atoms with Crippen molar-refractivity contribution in [2.24, 2.45) is 10.8 Å². The highest BCUT2D eigenvalue weighted by Gasteiger charge is 2.00. The van der Waals surface area contributed by atoms with Crippen molar-refractivity contribution in [3.63, 3.8) is 0 Å². The van der Waals surface area contributed by atoms with Gasteiger partial charge >= 0.3 is 6.03 Å². The third-order valence-electron chi connectivity index (χ3n) is 2.93. The van der Waals surface area contributed by atoms with Gasteiger partial charge in [0.2, 0.25) is 0 Å². The molecule has 4 heteroatoms. The first-order chi connectivity index (χ1) is 8.70. The van der Waals surface area contributed by atoms with E-state index in [4.69, 9.17) is 5.73 Å². The maximum atomic E-state index is 10.6. The minimum Gasteiger partial charge on any atom is -0.350 e. The summed E-state index contributed by atoms with van der Waals surface area (Å²) in [6, 6.07) is -0.580. The maximum absolute atomic E-state index is 10.6. The Morgan fingerprint density at radius 2 is 1.56 bits per heavy atom. The summed E-state index contributed by atoms with van der Waals surface area (Å²) in [5.41, 5.74) is 8.39. The first-order valence-corrected chi connectivity index (χ1v) is 7.31. The number of rotatable bonds is 11. The Morgan fingerprint density at radius 3 is 2.11 bits per heavy atom. The Balaban J connectivity index is 3.63. The van der Waals surface area contributed by atoms with E-state index >= 15 is 0 Å². The van der Waals surface area contributed by atoms with Gasteiger partial charge in [0.05, 0.1) is 0 Å². The second-order valence-electron chi connectivity index (χ2n) is 4.78. The molecule has 0 rings (SSSR count). The molecule has 0 spiro atoms. The van der Waals surface area contributed by atoms with E-state index in [1.54, 1.807) is 0 Å². The zero-order chi connectivity index (χ0) is 13.6. The van der Waals surface area contributed by atoms with Crippen LogP contribution >= 0.6 is 0 Å². The van der Waals surface area contributed by atoms with Crippen LogP contribution in [0.2, 0.25) is 0 Å². The van der Waals surface area contributed by atoms with E-state index in [1.165, 1.54) is 38.5 Å². The Labute approximate surface area is 111 Å². The lowest BCUT2D eigenvalue weighted by atomic mass is 10.0. The zero-order valence-corrected chi connectivity index (χ0v) is 12.0. The van der Waals surface area contributed by atoms with Crippen molar-refractivity contribution in [3.05, 3.63) is 0 Å². The molecule has 4 nitrogen and oxygen atoms in total. The van der Waals surface area contributed by atoms with Crippen molar-refractivity contribution in [3.8, 4) is 0 Å². The summed E-state index contributed by atoms with van der Waals surface area (Å²) >= 11 is 0. The first-order valence-electron chi connectivity index (χ1n) is 7.31. The molecule has 3 N–H and O–H groups in total. The molecule has 0 unspecified atom stereocenters. The van der Waals surface area contributed by atoms with Crippen LogP contribution in [-0.4, -0.2) is 11.7 Å². The lowest BCUT2D eigenvalue weighted by Gasteiger charge is -2.05. The largest absolute Gasteiger partial charge is 0.350 e. The fourth-order valence-electron chi connectivity index (χ4n) is 1.95. The Hall–Kier alpha value is -1.06. The number of amides is 2. The molecule has 0 saturated heterocycles. The number of primary amides is 1. The fourth-order valence-corrected chi connectivity index (χ4v) is 1.95. The third kappa shape index (κ3) is 11.4. The number of hydrogen-bond acceptors (Lipinski definition) is 2. The van der Waals surface area contributed by atoms with Crippen LogP contribution < -0.4 is 11.2 Å². The molecule has 0 fully saturated rings. The topological polar surface area (TPSA) is 67.5 Å². The molecule has 106 valence electrons. The Kier molecular flexibility index (Phi) is 11.7. The maximum Gasteiger partial charge on any atom is 0.332 e. The van der Waals surface area contributed by atoms with Crippen molar-refractivity contribution >= 4 is 11.7 Å². The number of hydrazone groups is 1. The molecule has 0 aromatic rings. The van der Waals surface area contributed by atoms with E-state index in [0.717, 1.165) is 31.4 Å². The van der Waals surface area contributed by atoms with Gasteiger partial charge in [0.15, 0.2) is 0 Å². The van der Waals surface area contributed by atoms with Gasteiger partial charge in [-0.15, -0.1) is 0 Å². The smallest absolute Gasteiger partial charge is 0.332 e. The van der Waals surface area contributed by atoms with Crippen LogP contribution in [0.5, 0.6) is 0 Å². The van der Waals surface area contributed by atoms with E-state index in [0.29, 0.717) is 0 Å². The van der Waals surface area contributed by atoms with Crippen LogP contribution in [0.4, 0.5) is 4.79 Å². The van der Waals surface area contributed by atoms with Gasteiger partial charge in [0.25, 0.3) is 0 Å². The number of carbonyl (C=O) groups is 1. The summed E-state index contributed by atoms with van der Waals surface area (Å²) in [6.45, 7) is 4.35. The van der Waals surface area contributed by atoms with Gasteiger partial charge in [-0.25, -0.2) is 10.2 Å². The molecule has 0 radical (unpaired) electrons. The molecule has 0 aromatic heterocycles. The second-order valence-corrected chi connectivity index (χ2v) is 4.78. The van der Waals surface area contributed by atoms with E-state index < -0.39 is 6.03 Å². The van der Waals surface area contributed by atoms with Crippen molar-refractivity contribution in [2.45, 2.75) is 78.1 Å². The average Bonchev–Trinajstić information content (AvgIpc) is 2.34. The molecule has 0 aliphatic rings. The fraction of sp³-hybridized carbons (Fsp3) is 0.857. The van der Waals surface area contributed by atoms with Crippen LogP contribution in [0.1, 0.15) is 78.1 Å². The highest BCUT2D eigenvalue weighted by Crippen LogP contribution is 2.10. The lowest BCUT2D eigenvalue weighted by molar-refractivity contribution is 0.249. The molecule has 0 aliphatic heterocycles. The third-order valence-corrected chi connectivity index (χ3v) is 2.93. The number of carbonyl (C=O) groups excluding carboxylic acids is 1. The van der Waals surface area contributed by atoms with E-state index in [2.05, 4.69) is 24.4 Å². The molecule has 0 heterocycles. The van der Waals surface area contributed by atoms with Crippen molar-refractivity contribution in [1.82, 2.24) is 5.43 Å². The van der Waals surface area contributed by atoms with Crippen LogP contribution in [0.3, 0.4) is 0 Å². The summed E-state index contributed by atoms with van der Waals surface area (Å²) in [6.07, 6.45) is 12.0. The summed E-state index contributed by atoms with van der Waals surface area (Å²) < 4.78 is 0. The number of unbranched alkanes of at least 4 members (excludes halogenated alkanes) is 6. The molecular weight excluding hydrogens is 226 g/mol. The molecule has 0 saturated carbocycles. The molecule has 0 atom stereocenters.